The van der Waals surface area contributed by atoms with E-state index < -0.39 is 0 Å². The Balaban J connectivity index is 2.26. The van der Waals surface area contributed by atoms with Crippen LogP contribution in [0.15, 0.2) is 23.6 Å². The second kappa shape index (κ2) is 5.49. The third-order valence-corrected chi connectivity index (χ3v) is 3.49. The first-order valence-electron chi connectivity index (χ1n) is 5.34. The predicted molar refractivity (Wildman–Crippen MR) is 70.9 cm³/mol. The first-order valence-corrected chi connectivity index (χ1v) is 6.60. The molecule has 0 aliphatic heterocycles. The molecule has 17 heavy (non-hydrogen) atoms. The van der Waals surface area contributed by atoms with Gasteiger partial charge in [0.2, 0.25) is 0 Å². The molecule has 0 fully saturated rings. The molecular formula is C12H13ClN2OS. The third-order valence-electron chi connectivity index (χ3n) is 2.37. The van der Waals surface area contributed by atoms with Crippen LogP contribution in [0.4, 0.5) is 0 Å². The van der Waals surface area contributed by atoms with Gasteiger partial charge in [-0.1, -0.05) is 35.9 Å². The van der Waals surface area contributed by atoms with E-state index in [1.54, 1.807) is 6.07 Å². The Labute approximate surface area is 109 Å². The Bertz CT molecular complexity index is 513. The fourth-order valence-electron chi connectivity index (χ4n) is 1.42. The summed E-state index contributed by atoms with van der Waals surface area (Å²) >= 11 is 7.53. The lowest BCUT2D eigenvalue weighted by Crippen LogP contribution is -2.00. The molecule has 0 saturated heterocycles. The van der Waals surface area contributed by atoms with Crippen molar-refractivity contribution in [2.45, 2.75) is 19.9 Å². The number of ether oxygens (including phenoxy) is 1. The highest BCUT2D eigenvalue weighted by Crippen LogP contribution is 2.31. The van der Waals surface area contributed by atoms with E-state index in [1.165, 1.54) is 11.3 Å². The highest BCUT2D eigenvalue weighted by atomic mass is 35.5. The molecular weight excluding hydrogens is 256 g/mol. The second-order valence-electron chi connectivity index (χ2n) is 3.48. The zero-order valence-electron chi connectivity index (χ0n) is 9.44. The molecule has 1 heterocycles. The largest absolute Gasteiger partial charge is 0.430 e. The number of aromatic nitrogens is 1. The normalized spacial score (nSPS) is 10.5. The minimum Gasteiger partial charge on any atom is -0.430 e. The number of aryl methyl sites for hydroxylation is 1. The number of halogens is 1. The Morgan fingerprint density at radius 3 is 2.94 bits per heavy atom. The number of nitrogens with zero attached hydrogens (tertiary/aromatic N) is 1. The highest BCUT2D eigenvalue weighted by Gasteiger charge is 2.09. The van der Waals surface area contributed by atoms with E-state index in [2.05, 4.69) is 11.9 Å². The van der Waals surface area contributed by atoms with E-state index in [1.807, 2.05) is 17.5 Å². The number of hydrogen-bond acceptors (Lipinski definition) is 4. The fraction of sp³-hybridized carbons (Fsp3) is 0.250. The van der Waals surface area contributed by atoms with Gasteiger partial charge in [-0.3, -0.25) is 0 Å². The lowest BCUT2D eigenvalue weighted by Gasteiger charge is -2.08. The van der Waals surface area contributed by atoms with Crippen molar-refractivity contribution < 1.29 is 4.74 Å². The first kappa shape index (κ1) is 12.4. The summed E-state index contributed by atoms with van der Waals surface area (Å²) in [6.45, 7) is 2.41. The van der Waals surface area contributed by atoms with Gasteiger partial charge in [0.1, 0.15) is 5.75 Å². The third kappa shape index (κ3) is 2.77. The maximum atomic E-state index is 6.05. The van der Waals surface area contributed by atoms with Gasteiger partial charge < -0.3 is 10.5 Å². The molecule has 2 aromatic rings. The van der Waals surface area contributed by atoms with E-state index >= 15 is 0 Å². The molecule has 1 aromatic heterocycles. The summed E-state index contributed by atoms with van der Waals surface area (Å²) in [5.74, 6) is 0.678. The topological polar surface area (TPSA) is 48.1 Å². The molecule has 0 aliphatic carbocycles. The van der Waals surface area contributed by atoms with Crippen molar-refractivity contribution in [3.63, 3.8) is 0 Å². The number of benzene rings is 1. The molecule has 0 spiro atoms. The van der Waals surface area contributed by atoms with E-state index in [0.29, 0.717) is 22.5 Å². The van der Waals surface area contributed by atoms with Crippen LogP contribution in [-0.4, -0.2) is 4.98 Å². The molecule has 0 amide bonds. The van der Waals surface area contributed by atoms with Crippen molar-refractivity contribution in [3.8, 4) is 10.9 Å². The predicted octanol–water partition coefficient (Wildman–Crippen LogP) is 3.61. The molecule has 2 rings (SSSR count). The van der Waals surface area contributed by atoms with Gasteiger partial charge in [0.25, 0.3) is 5.19 Å². The number of nitrogens with two attached hydrogens (primary N) is 1. The van der Waals surface area contributed by atoms with Crippen LogP contribution in [0.2, 0.25) is 5.02 Å². The van der Waals surface area contributed by atoms with Gasteiger partial charge in [0.15, 0.2) is 0 Å². The monoisotopic (exact) mass is 268 g/mol. The summed E-state index contributed by atoms with van der Waals surface area (Å²) in [4.78, 5) is 4.34. The molecule has 90 valence electrons. The molecule has 0 saturated carbocycles. The van der Waals surface area contributed by atoms with Gasteiger partial charge in [0, 0.05) is 22.5 Å². The van der Waals surface area contributed by atoms with Crippen molar-refractivity contribution in [1.82, 2.24) is 4.98 Å². The van der Waals surface area contributed by atoms with Crippen LogP contribution in [0.5, 0.6) is 10.9 Å². The number of thiazole rings is 1. The average molecular weight is 269 g/mol. The summed E-state index contributed by atoms with van der Waals surface area (Å²) in [5, 5.41) is 3.23. The lowest BCUT2D eigenvalue weighted by molar-refractivity contribution is 0.471. The summed E-state index contributed by atoms with van der Waals surface area (Å²) < 4.78 is 5.71. The van der Waals surface area contributed by atoms with Crippen LogP contribution in [0.1, 0.15) is 18.2 Å². The maximum Gasteiger partial charge on any atom is 0.278 e. The van der Waals surface area contributed by atoms with Crippen LogP contribution < -0.4 is 10.5 Å². The van der Waals surface area contributed by atoms with Crippen LogP contribution >= 0.6 is 22.9 Å². The molecule has 0 unspecified atom stereocenters. The molecule has 1 aromatic carbocycles. The van der Waals surface area contributed by atoms with Crippen molar-refractivity contribution in [3.05, 3.63) is 39.9 Å². The Morgan fingerprint density at radius 2 is 2.29 bits per heavy atom. The standard InChI is InChI=1S/C12H13ClN2OS/c1-2-8-7-17-12(15-8)16-11-5-3-4-10(13)9(11)6-14/h3-5,7H,2,6,14H2,1H3. The fourth-order valence-corrected chi connectivity index (χ4v) is 2.43. The Kier molecular flexibility index (Phi) is 3.99. The van der Waals surface area contributed by atoms with Crippen LogP contribution in [0.3, 0.4) is 0 Å². The van der Waals surface area contributed by atoms with Crippen molar-refractivity contribution in [1.29, 1.82) is 0 Å². The van der Waals surface area contributed by atoms with Crippen LogP contribution in [-0.2, 0) is 13.0 Å². The molecule has 0 bridgehead atoms. The zero-order valence-corrected chi connectivity index (χ0v) is 11.0. The van der Waals surface area contributed by atoms with Gasteiger partial charge in [-0.25, -0.2) is 4.98 Å². The van der Waals surface area contributed by atoms with Crippen LogP contribution in [0.25, 0.3) is 0 Å². The van der Waals surface area contributed by atoms with Crippen molar-refractivity contribution in [2.75, 3.05) is 0 Å². The first-order chi connectivity index (χ1) is 8.24. The van der Waals surface area contributed by atoms with Gasteiger partial charge >= 0.3 is 0 Å². The number of rotatable bonds is 4. The molecule has 5 heteroatoms. The SMILES string of the molecule is CCc1csc(Oc2cccc(Cl)c2CN)n1. The second-order valence-corrected chi connectivity index (χ2v) is 4.71. The van der Waals surface area contributed by atoms with E-state index in [4.69, 9.17) is 22.1 Å². The quantitative estimate of drug-likeness (QED) is 0.921. The molecule has 0 radical (unpaired) electrons. The highest BCUT2D eigenvalue weighted by molar-refractivity contribution is 7.11. The molecule has 0 atom stereocenters. The minimum atomic E-state index is 0.348. The minimum absolute atomic E-state index is 0.348. The van der Waals surface area contributed by atoms with Gasteiger partial charge in [-0.15, -0.1) is 0 Å². The van der Waals surface area contributed by atoms with Gasteiger partial charge in [-0.2, -0.15) is 0 Å². The Morgan fingerprint density at radius 1 is 1.47 bits per heavy atom. The van der Waals surface area contributed by atoms with Crippen molar-refractivity contribution in [2.24, 2.45) is 5.73 Å². The van der Waals surface area contributed by atoms with Crippen LogP contribution in [0, 0.1) is 0 Å². The van der Waals surface area contributed by atoms with Gasteiger partial charge in [-0.05, 0) is 18.6 Å². The summed E-state index contributed by atoms with van der Waals surface area (Å²) in [7, 11) is 0. The average Bonchev–Trinajstić information content (AvgIpc) is 2.77. The summed E-state index contributed by atoms with van der Waals surface area (Å²) in [5.41, 5.74) is 7.49. The van der Waals surface area contributed by atoms with E-state index in [0.717, 1.165) is 17.7 Å². The summed E-state index contributed by atoms with van der Waals surface area (Å²) in [6, 6.07) is 5.49. The van der Waals surface area contributed by atoms with Gasteiger partial charge in [0.05, 0.1) is 5.69 Å². The Hall–Kier alpha value is -1.10. The van der Waals surface area contributed by atoms with E-state index in [9.17, 15) is 0 Å². The smallest absolute Gasteiger partial charge is 0.278 e. The maximum absolute atomic E-state index is 6.05. The molecule has 0 aliphatic rings. The van der Waals surface area contributed by atoms with E-state index in [-0.39, 0.29) is 0 Å². The molecule has 2 N–H and O–H groups in total. The zero-order chi connectivity index (χ0) is 12.3. The number of hydrogen-bond donors (Lipinski definition) is 1. The molecule has 3 nitrogen and oxygen atoms in total. The lowest BCUT2D eigenvalue weighted by atomic mass is 10.2. The summed E-state index contributed by atoms with van der Waals surface area (Å²) in [6.07, 6.45) is 0.902. The van der Waals surface area contributed by atoms with Crippen molar-refractivity contribution >= 4 is 22.9 Å².